The highest BCUT2D eigenvalue weighted by Crippen LogP contribution is 2.16. The van der Waals surface area contributed by atoms with Crippen molar-refractivity contribution in [3.8, 4) is 0 Å². The second kappa shape index (κ2) is 4.94. The van der Waals surface area contributed by atoms with Crippen LogP contribution in [-0.4, -0.2) is 36.7 Å². The SMILES string of the molecule is CCC1CN(OC(=O)C(C)(C)C)CCN1. The summed E-state index contributed by atoms with van der Waals surface area (Å²) >= 11 is 0. The van der Waals surface area contributed by atoms with Crippen LogP contribution in [0.1, 0.15) is 34.1 Å². The van der Waals surface area contributed by atoms with E-state index < -0.39 is 5.41 Å². The summed E-state index contributed by atoms with van der Waals surface area (Å²) in [6.45, 7) is 10.2. The van der Waals surface area contributed by atoms with Crippen molar-refractivity contribution in [2.45, 2.75) is 40.2 Å². The fourth-order valence-electron chi connectivity index (χ4n) is 1.41. The van der Waals surface area contributed by atoms with Gasteiger partial charge in [-0.05, 0) is 27.2 Å². The zero-order valence-corrected chi connectivity index (χ0v) is 10.2. The van der Waals surface area contributed by atoms with E-state index in [1.165, 1.54) is 0 Å². The number of hydrogen-bond acceptors (Lipinski definition) is 4. The van der Waals surface area contributed by atoms with Crippen LogP contribution in [0, 0.1) is 5.41 Å². The average molecular weight is 214 g/mol. The molecule has 0 aliphatic carbocycles. The van der Waals surface area contributed by atoms with Crippen LogP contribution in [0.25, 0.3) is 0 Å². The lowest BCUT2D eigenvalue weighted by atomic mass is 9.98. The summed E-state index contributed by atoms with van der Waals surface area (Å²) in [5.74, 6) is -0.153. The Morgan fingerprint density at radius 3 is 2.73 bits per heavy atom. The van der Waals surface area contributed by atoms with Gasteiger partial charge < -0.3 is 10.2 Å². The molecule has 1 unspecified atom stereocenters. The van der Waals surface area contributed by atoms with E-state index in [4.69, 9.17) is 4.84 Å². The molecule has 1 rings (SSSR count). The lowest BCUT2D eigenvalue weighted by Crippen LogP contribution is -2.51. The van der Waals surface area contributed by atoms with Crippen LogP contribution in [0.3, 0.4) is 0 Å². The van der Waals surface area contributed by atoms with Crippen LogP contribution < -0.4 is 5.32 Å². The minimum Gasteiger partial charge on any atom is -0.367 e. The molecule has 0 aromatic carbocycles. The Balaban J connectivity index is 2.41. The predicted octanol–water partition coefficient (Wildman–Crippen LogP) is 1.17. The maximum atomic E-state index is 11.6. The molecule has 15 heavy (non-hydrogen) atoms. The molecule has 0 saturated carbocycles. The van der Waals surface area contributed by atoms with E-state index in [-0.39, 0.29) is 5.97 Å². The maximum Gasteiger partial charge on any atom is 0.330 e. The number of carbonyl (C=O) groups is 1. The molecule has 88 valence electrons. The van der Waals surface area contributed by atoms with E-state index in [0.717, 1.165) is 26.1 Å². The second-order valence-electron chi connectivity index (χ2n) is 5.08. The molecule has 1 atom stereocenters. The van der Waals surface area contributed by atoms with E-state index in [0.29, 0.717) is 6.04 Å². The number of piperazine rings is 1. The first-order chi connectivity index (χ1) is 6.93. The number of rotatable bonds is 2. The van der Waals surface area contributed by atoms with Crippen LogP contribution in [0.2, 0.25) is 0 Å². The highest BCUT2D eigenvalue weighted by atomic mass is 16.7. The molecule has 1 saturated heterocycles. The summed E-state index contributed by atoms with van der Waals surface area (Å²) in [6, 6.07) is 0.437. The molecule has 4 nitrogen and oxygen atoms in total. The van der Waals surface area contributed by atoms with Gasteiger partial charge in [-0.15, -0.1) is 5.06 Å². The highest BCUT2D eigenvalue weighted by molar-refractivity contribution is 5.75. The summed E-state index contributed by atoms with van der Waals surface area (Å²) in [4.78, 5) is 17.0. The predicted molar refractivity (Wildman–Crippen MR) is 59.2 cm³/mol. The molecule has 0 amide bonds. The van der Waals surface area contributed by atoms with Gasteiger partial charge in [-0.1, -0.05) is 6.92 Å². The van der Waals surface area contributed by atoms with Gasteiger partial charge >= 0.3 is 5.97 Å². The van der Waals surface area contributed by atoms with Crippen LogP contribution >= 0.6 is 0 Å². The molecule has 1 fully saturated rings. The summed E-state index contributed by atoms with van der Waals surface area (Å²) in [6.07, 6.45) is 1.06. The third kappa shape index (κ3) is 3.80. The van der Waals surface area contributed by atoms with Crippen LogP contribution in [0.15, 0.2) is 0 Å². The van der Waals surface area contributed by atoms with Crippen molar-refractivity contribution in [2.75, 3.05) is 19.6 Å². The van der Waals surface area contributed by atoms with E-state index in [2.05, 4.69) is 12.2 Å². The molecule has 0 aromatic heterocycles. The van der Waals surface area contributed by atoms with E-state index >= 15 is 0 Å². The monoisotopic (exact) mass is 214 g/mol. The summed E-state index contributed by atoms with van der Waals surface area (Å²) in [5, 5.41) is 5.15. The third-order valence-corrected chi connectivity index (χ3v) is 2.54. The van der Waals surface area contributed by atoms with Gasteiger partial charge in [-0.2, -0.15) is 0 Å². The molecule has 0 spiro atoms. The Bertz CT molecular complexity index is 223. The van der Waals surface area contributed by atoms with Crippen molar-refractivity contribution >= 4 is 5.97 Å². The standard InChI is InChI=1S/C11H22N2O2/c1-5-9-8-13(7-6-12-9)15-10(14)11(2,3)4/h9,12H,5-8H2,1-4H3. The van der Waals surface area contributed by atoms with E-state index in [1.807, 2.05) is 20.8 Å². The zero-order chi connectivity index (χ0) is 11.5. The van der Waals surface area contributed by atoms with Crippen molar-refractivity contribution in [3.63, 3.8) is 0 Å². The van der Waals surface area contributed by atoms with Gasteiger partial charge in [0, 0.05) is 19.1 Å². The molecule has 0 aromatic rings. The normalized spacial score (nSPS) is 23.9. The van der Waals surface area contributed by atoms with Gasteiger partial charge in [-0.25, -0.2) is 4.79 Å². The molecular formula is C11H22N2O2. The average Bonchev–Trinajstić information content (AvgIpc) is 2.16. The van der Waals surface area contributed by atoms with Gasteiger partial charge in [0.1, 0.15) is 0 Å². The maximum absolute atomic E-state index is 11.6. The summed E-state index contributed by atoms with van der Waals surface area (Å²) < 4.78 is 0. The minimum atomic E-state index is -0.424. The molecule has 1 heterocycles. The number of nitrogens with zero attached hydrogens (tertiary/aromatic N) is 1. The highest BCUT2D eigenvalue weighted by Gasteiger charge is 2.28. The Hall–Kier alpha value is -0.610. The first-order valence-electron chi connectivity index (χ1n) is 5.64. The third-order valence-electron chi connectivity index (χ3n) is 2.54. The molecule has 0 bridgehead atoms. The molecule has 1 aliphatic rings. The molecule has 4 heteroatoms. The van der Waals surface area contributed by atoms with Crippen molar-refractivity contribution in [1.29, 1.82) is 0 Å². The van der Waals surface area contributed by atoms with E-state index in [1.54, 1.807) is 5.06 Å². The van der Waals surface area contributed by atoms with Crippen LogP contribution in [0.4, 0.5) is 0 Å². The lowest BCUT2D eigenvalue weighted by molar-refractivity contribution is -0.205. The number of hydrogen-bond donors (Lipinski definition) is 1. The number of carbonyl (C=O) groups excluding carboxylic acids is 1. The van der Waals surface area contributed by atoms with Crippen molar-refractivity contribution < 1.29 is 9.63 Å². The zero-order valence-electron chi connectivity index (χ0n) is 10.2. The van der Waals surface area contributed by atoms with Crippen molar-refractivity contribution in [1.82, 2.24) is 10.4 Å². The topological polar surface area (TPSA) is 41.6 Å². The second-order valence-corrected chi connectivity index (χ2v) is 5.08. The van der Waals surface area contributed by atoms with Crippen LogP contribution in [-0.2, 0) is 9.63 Å². The fraction of sp³-hybridized carbons (Fsp3) is 0.909. The molecular weight excluding hydrogens is 192 g/mol. The van der Waals surface area contributed by atoms with E-state index in [9.17, 15) is 4.79 Å². The molecule has 1 N–H and O–H groups in total. The quantitative estimate of drug-likeness (QED) is 0.749. The van der Waals surface area contributed by atoms with Crippen LogP contribution in [0.5, 0.6) is 0 Å². The van der Waals surface area contributed by atoms with Gasteiger partial charge in [-0.3, -0.25) is 0 Å². The summed E-state index contributed by atoms with van der Waals surface area (Å²) in [7, 11) is 0. The number of hydroxylamine groups is 2. The van der Waals surface area contributed by atoms with Crippen molar-refractivity contribution in [3.05, 3.63) is 0 Å². The van der Waals surface area contributed by atoms with Gasteiger partial charge in [0.25, 0.3) is 0 Å². The van der Waals surface area contributed by atoms with Gasteiger partial charge in [0.05, 0.1) is 12.0 Å². The number of nitrogens with one attached hydrogen (secondary N) is 1. The fourth-order valence-corrected chi connectivity index (χ4v) is 1.41. The first-order valence-corrected chi connectivity index (χ1v) is 5.64. The largest absolute Gasteiger partial charge is 0.367 e. The Morgan fingerprint density at radius 2 is 2.20 bits per heavy atom. The molecule has 1 aliphatic heterocycles. The van der Waals surface area contributed by atoms with Gasteiger partial charge in [0.15, 0.2) is 0 Å². The Kier molecular flexibility index (Phi) is 4.11. The van der Waals surface area contributed by atoms with Crippen molar-refractivity contribution in [2.24, 2.45) is 5.41 Å². The Labute approximate surface area is 91.9 Å². The first kappa shape index (κ1) is 12.5. The summed E-state index contributed by atoms with van der Waals surface area (Å²) in [5.41, 5.74) is -0.424. The smallest absolute Gasteiger partial charge is 0.330 e. The molecule has 0 radical (unpaired) electrons. The minimum absolute atomic E-state index is 0.153. The lowest BCUT2D eigenvalue weighted by Gasteiger charge is -2.33. The Morgan fingerprint density at radius 1 is 1.53 bits per heavy atom. The van der Waals surface area contributed by atoms with Gasteiger partial charge in [0.2, 0.25) is 0 Å².